The minimum atomic E-state index is -0.518. The number of hydrogen-bond acceptors (Lipinski definition) is 4. The van der Waals surface area contributed by atoms with Crippen LogP contribution >= 0.6 is 0 Å². The minimum Gasteiger partial charge on any atom is -0.449 e. The van der Waals surface area contributed by atoms with Crippen molar-refractivity contribution in [2.24, 2.45) is 11.8 Å². The predicted molar refractivity (Wildman–Crippen MR) is 90.8 cm³/mol. The maximum absolute atomic E-state index is 11.7. The zero-order valence-electron chi connectivity index (χ0n) is 14.4. The van der Waals surface area contributed by atoms with E-state index >= 15 is 0 Å². The van der Waals surface area contributed by atoms with Gasteiger partial charge in [0.1, 0.15) is 0 Å². The SMILES string of the molecule is Cc1ccc(NC(=O)OCC(C)C)cc1NC(=O)OCC(C)C. The van der Waals surface area contributed by atoms with Crippen molar-refractivity contribution < 1.29 is 19.1 Å². The molecule has 1 aromatic rings. The molecule has 0 saturated carbocycles. The fourth-order valence-corrected chi connectivity index (χ4v) is 1.62. The number of rotatable bonds is 6. The first-order valence-electron chi connectivity index (χ1n) is 7.76. The lowest BCUT2D eigenvalue weighted by Crippen LogP contribution is -2.18. The number of benzene rings is 1. The summed E-state index contributed by atoms with van der Waals surface area (Å²) >= 11 is 0. The third-order valence-corrected chi connectivity index (χ3v) is 2.82. The number of anilines is 2. The summed E-state index contributed by atoms with van der Waals surface area (Å²) in [5.41, 5.74) is 2.00. The molecule has 0 heterocycles. The maximum atomic E-state index is 11.7. The van der Waals surface area contributed by atoms with Gasteiger partial charge >= 0.3 is 12.2 Å². The molecule has 0 aliphatic carbocycles. The smallest absolute Gasteiger partial charge is 0.411 e. The van der Waals surface area contributed by atoms with E-state index in [1.165, 1.54) is 0 Å². The summed E-state index contributed by atoms with van der Waals surface area (Å²) in [6.45, 7) is 10.4. The molecule has 23 heavy (non-hydrogen) atoms. The highest BCUT2D eigenvalue weighted by molar-refractivity contribution is 5.89. The largest absolute Gasteiger partial charge is 0.449 e. The van der Waals surface area contributed by atoms with Gasteiger partial charge in [0.15, 0.2) is 0 Å². The van der Waals surface area contributed by atoms with Gasteiger partial charge in [-0.2, -0.15) is 0 Å². The van der Waals surface area contributed by atoms with Crippen molar-refractivity contribution in [3.63, 3.8) is 0 Å². The van der Waals surface area contributed by atoms with Crippen LogP contribution in [0.5, 0.6) is 0 Å². The molecule has 6 nitrogen and oxygen atoms in total. The van der Waals surface area contributed by atoms with E-state index in [-0.39, 0.29) is 11.8 Å². The third kappa shape index (κ3) is 7.54. The average Bonchev–Trinajstić information content (AvgIpc) is 2.46. The number of aryl methyl sites for hydroxylation is 1. The van der Waals surface area contributed by atoms with Crippen molar-refractivity contribution in [3.8, 4) is 0 Å². The molecule has 0 unspecified atom stereocenters. The summed E-state index contributed by atoms with van der Waals surface area (Å²) in [5.74, 6) is 0.539. The predicted octanol–water partition coefficient (Wildman–Crippen LogP) is 4.40. The summed E-state index contributed by atoms with van der Waals surface area (Å²) < 4.78 is 10.1. The standard InChI is InChI=1S/C17H26N2O4/c1-11(2)9-22-16(20)18-14-7-6-13(5)15(8-14)19-17(21)23-10-12(3)4/h6-8,11-12H,9-10H2,1-5H3,(H,18,20)(H,19,21). The molecule has 0 spiro atoms. The monoisotopic (exact) mass is 322 g/mol. The van der Waals surface area contributed by atoms with Crippen LogP contribution in [0.1, 0.15) is 33.3 Å². The fraction of sp³-hybridized carbons (Fsp3) is 0.529. The Morgan fingerprint density at radius 2 is 1.48 bits per heavy atom. The highest BCUT2D eigenvalue weighted by Gasteiger charge is 2.10. The molecule has 0 aliphatic heterocycles. The molecule has 2 N–H and O–H groups in total. The molecule has 0 bridgehead atoms. The lowest BCUT2D eigenvalue weighted by molar-refractivity contribution is 0.147. The highest BCUT2D eigenvalue weighted by Crippen LogP contribution is 2.21. The van der Waals surface area contributed by atoms with E-state index in [0.29, 0.717) is 24.6 Å². The zero-order chi connectivity index (χ0) is 17.4. The Balaban J connectivity index is 2.64. The summed E-state index contributed by atoms with van der Waals surface area (Å²) in [6, 6.07) is 5.22. The van der Waals surface area contributed by atoms with E-state index in [4.69, 9.17) is 9.47 Å². The molecule has 0 atom stereocenters. The number of carbonyl (C=O) groups excluding carboxylic acids is 2. The van der Waals surface area contributed by atoms with Crippen LogP contribution in [-0.2, 0) is 9.47 Å². The van der Waals surface area contributed by atoms with Crippen molar-refractivity contribution in [3.05, 3.63) is 23.8 Å². The first-order valence-corrected chi connectivity index (χ1v) is 7.76. The molecule has 0 radical (unpaired) electrons. The number of ether oxygens (including phenoxy) is 2. The Morgan fingerprint density at radius 1 is 0.957 bits per heavy atom. The summed E-state index contributed by atoms with van der Waals surface area (Å²) in [6.07, 6.45) is -1.03. The second-order valence-electron chi connectivity index (χ2n) is 6.26. The normalized spacial score (nSPS) is 10.6. The van der Waals surface area contributed by atoms with E-state index in [1.807, 2.05) is 34.6 Å². The Labute approximate surface area is 137 Å². The highest BCUT2D eigenvalue weighted by atomic mass is 16.6. The molecule has 1 aromatic carbocycles. The van der Waals surface area contributed by atoms with Crippen molar-refractivity contribution in [2.45, 2.75) is 34.6 Å². The molecular formula is C17H26N2O4. The molecular weight excluding hydrogens is 296 g/mol. The van der Waals surface area contributed by atoms with Gasteiger partial charge in [0, 0.05) is 11.4 Å². The van der Waals surface area contributed by atoms with Crippen LogP contribution in [-0.4, -0.2) is 25.4 Å². The first-order chi connectivity index (χ1) is 10.8. The average molecular weight is 322 g/mol. The van der Waals surface area contributed by atoms with E-state index in [9.17, 15) is 9.59 Å². The van der Waals surface area contributed by atoms with Crippen LogP contribution in [0.2, 0.25) is 0 Å². The van der Waals surface area contributed by atoms with Gasteiger partial charge in [-0.15, -0.1) is 0 Å². The van der Waals surface area contributed by atoms with Crippen molar-refractivity contribution in [2.75, 3.05) is 23.8 Å². The van der Waals surface area contributed by atoms with Crippen LogP contribution in [0.3, 0.4) is 0 Å². The zero-order valence-corrected chi connectivity index (χ0v) is 14.4. The van der Waals surface area contributed by atoms with Gasteiger partial charge in [0.05, 0.1) is 13.2 Å². The summed E-state index contributed by atoms with van der Waals surface area (Å²) in [7, 11) is 0. The lowest BCUT2D eigenvalue weighted by atomic mass is 10.2. The van der Waals surface area contributed by atoms with Crippen molar-refractivity contribution in [1.82, 2.24) is 0 Å². The van der Waals surface area contributed by atoms with Crippen LogP contribution in [0.15, 0.2) is 18.2 Å². The Bertz CT molecular complexity index is 541. The number of hydrogen-bond donors (Lipinski definition) is 2. The first kappa shape index (κ1) is 18.8. The van der Waals surface area contributed by atoms with Crippen molar-refractivity contribution >= 4 is 23.6 Å². The van der Waals surface area contributed by atoms with E-state index in [2.05, 4.69) is 10.6 Å². The molecule has 0 fully saturated rings. The van der Waals surface area contributed by atoms with Gasteiger partial charge in [-0.3, -0.25) is 10.6 Å². The van der Waals surface area contributed by atoms with Gasteiger partial charge < -0.3 is 9.47 Å². The topological polar surface area (TPSA) is 76.7 Å². The molecule has 0 saturated heterocycles. The van der Waals surface area contributed by atoms with Gasteiger partial charge in [-0.1, -0.05) is 33.8 Å². The molecule has 2 amide bonds. The number of carbonyl (C=O) groups is 2. The van der Waals surface area contributed by atoms with Gasteiger partial charge in [-0.25, -0.2) is 9.59 Å². The molecule has 0 aromatic heterocycles. The van der Waals surface area contributed by atoms with Crippen molar-refractivity contribution in [1.29, 1.82) is 0 Å². The lowest BCUT2D eigenvalue weighted by Gasteiger charge is -2.13. The fourth-order valence-electron chi connectivity index (χ4n) is 1.62. The van der Waals surface area contributed by atoms with Crippen LogP contribution in [0.4, 0.5) is 21.0 Å². The van der Waals surface area contributed by atoms with E-state index in [1.54, 1.807) is 18.2 Å². The summed E-state index contributed by atoms with van der Waals surface area (Å²) in [4.78, 5) is 23.4. The van der Waals surface area contributed by atoms with E-state index in [0.717, 1.165) is 5.56 Å². The van der Waals surface area contributed by atoms with Gasteiger partial charge in [-0.05, 0) is 36.5 Å². The van der Waals surface area contributed by atoms with Gasteiger partial charge in [0.2, 0.25) is 0 Å². The second-order valence-corrected chi connectivity index (χ2v) is 6.26. The number of amides is 2. The molecule has 0 aliphatic rings. The molecule has 128 valence electrons. The Hall–Kier alpha value is -2.24. The van der Waals surface area contributed by atoms with Crippen LogP contribution in [0, 0.1) is 18.8 Å². The Kier molecular flexibility index (Phi) is 7.38. The second kappa shape index (κ2) is 9.02. The van der Waals surface area contributed by atoms with Gasteiger partial charge in [0.25, 0.3) is 0 Å². The van der Waals surface area contributed by atoms with Crippen LogP contribution in [0.25, 0.3) is 0 Å². The Morgan fingerprint density at radius 3 is 2.00 bits per heavy atom. The minimum absolute atomic E-state index is 0.269. The van der Waals surface area contributed by atoms with E-state index < -0.39 is 12.2 Å². The van der Waals surface area contributed by atoms with Crippen LogP contribution < -0.4 is 10.6 Å². The molecule has 1 rings (SSSR count). The quantitative estimate of drug-likeness (QED) is 0.813. The third-order valence-electron chi connectivity index (χ3n) is 2.82. The maximum Gasteiger partial charge on any atom is 0.411 e. The molecule has 6 heteroatoms. The summed E-state index contributed by atoms with van der Waals surface area (Å²) in [5, 5.41) is 5.31. The number of nitrogens with one attached hydrogen (secondary N) is 2.